The number of carbonyl (C=O) groups excluding carboxylic acids is 4. The van der Waals surface area contributed by atoms with Gasteiger partial charge in [0.05, 0.1) is 88.8 Å². The van der Waals surface area contributed by atoms with E-state index >= 15 is 0 Å². The van der Waals surface area contributed by atoms with Crippen LogP contribution in [0.25, 0.3) is 0 Å². The number of unbranched alkanes of at least 4 members (excludes halogenated alkanes) is 28. The van der Waals surface area contributed by atoms with Gasteiger partial charge < -0.3 is 185 Å². The molecule has 6 fully saturated rings. The molecule has 3 amide bonds. The van der Waals surface area contributed by atoms with Gasteiger partial charge in [-0.05, 0) is 19.8 Å². The molecule has 42 nitrogen and oxygen atoms in total. The third-order valence-corrected chi connectivity index (χ3v) is 25.2. The zero-order valence-electron chi connectivity index (χ0n) is 75.4. The normalized spacial score (nSPS) is 34.7. The number of ether oxygens (including phenoxy) is 12. The van der Waals surface area contributed by atoms with E-state index in [4.69, 9.17) is 56.8 Å². The molecule has 0 aromatic carbocycles. The topological polar surface area (TPSA) is 674 Å². The summed E-state index contributed by atoms with van der Waals surface area (Å²) in [5.74, 6) is -16.0. The highest BCUT2D eigenvalue weighted by atomic mass is 16.8. The standard InChI is InChI=1S/C87H155N3O39/c1-6-8-10-12-14-16-18-20-21-22-23-25-27-29-31-33-35-37-62(105)90-52(53(100)36-34-32-30-28-26-24-19-17-15-13-11-9-7-2)47-118-81-70(111)69(110)74(60(45-95)121-81)124-83-72(113)79(129-87(85(116)117)40-55(102)64(89-50(5)99)77(127-87)66(107)57(104)42-92)75(61(46-96)122-83)125-80-51(38-48(3)97)73(67(108)58(43-93)119-80)123-82-71(112)78(68(109)59(44-94)120-82)128-86(84(114)115)39-54(101)63(88-49(4)98)76(126-86)65(106)56(103)41-91/h51-61,63-83,91-96,100-104,106-113H,6-47H2,1-5H3,(H,88,98)(H,89,99)(H,90,105)(H,114,115)(H,116,117)/t51-,52+,53-,54+,55+,56-,57-,58-,59-,60-,61-,63-,64-,65-,66-,67+,68+,69-,70-,71-,72-,73-,74-,75+,76?,77?,78+,79-,80+,81-,82+,83+,86+,87+/m1/s1. The number of rotatable bonds is 63. The SMILES string of the molecule is CCCCCCCCCCCCCCCCCCCC(=O)N[C@@H](CO[C@@H]1O[C@H](CO)[C@@H](O[C@@H]2O[C@H](CO)[C@H](O[C@@H]3O[C@H](CO)[C@H](O)[C@H](O[C@@H]4O[C@H](CO)[C@H](O)[C@H](O[C@]5(C(=O)O)C[C@H](O)[C@@H](NC(C)=O)C([C@H](O)[C@H](O)CO)O5)[C@H]4O)[C@H]3CC(C)=O)[C@H](O[C@]3(C(=O)O)C[C@H](O)[C@@H](NC(C)=O)C([C@H](O)[C@H](O)CO)O3)[C@H]2O)[C@H](O)[C@H]1O)[C@H](O)CCCCCCCCCCCCCCC. The maximum Gasteiger partial charge on any atom is 0.364 e. The lowest BCUT2D eigenvalue weighted by atomic mass is 9.86. The molecule has 0 spiro atoms. The summed E-state index contributed by atoms with van der Waals surface area (Å²) >= 11 is 0. The Kier molecular flexibility index (Phi) is 51.4. The molecule has 2 unspecified atom stereocenters. The largest absolute Gasteiger partial charge is 0.477 e. The van der Waals surface area contributed by atoms with Gasteiger partial charge in [0.1, 0.15) is 128 Å². The van der Waals surface area contributed by atoms with Crippen molar-refractivity contribution in [1.82, 2.24) is 16.0 Å². The van der Waals surface area contributed by atoms with Crippen molar-refractivity contribution in [3.8, 4) is 0 Å². The van der Waals surface area contributed by atoms with Gasteiger partial charge in [-0.2, -0.15) is 0 Å². The fraction of sp³-hybridized carbons (Fsp3) is 0.931. The number of aliphatic carboxylic acids is 2. The van der Waals surface area contributed by atoms with Crippen molar-refractivity contribution in [2.24, 2.45) is 5.92 Å². The number of carbonyl (C=O) groups is 6. The Morgan fingerprint density at radius 3 is 1.16 bits per heavy atom. The van der Waals surface area contributed by atoms with E-state index in [0.29, 0.717) is 12.8 Å². The minimum Gasteiger partial charge on any atom is -0.477 e. The van der Waals surface area contributed by atoms with Crippen LogP contribution in [0.4, 0.5) is 0 Å². The molecule has 0 radical (unpaired) electrons. The molecule has 0 bridgehead atoms. The van der Waals surface area contributed by atoms with Gasteiger partial charge in [-0.15, -0.1) is 0 Å². The molecular weight excluding hydrogens is 1710 g/mol. The van der Waals surface area contributed by atoms with Crippen LogP contribution in [0.2, 0.25) is 0 Å². The summed E-state index contributed by atoms with van der Waals surface area (Å²) in [6.45, 7) is -0.526. The molecular formula is C87H155N3O39. The van der Waals surface area contributed by atoms with Gasteiger partial charge >= 0.3 is 11.9 Å². The predicted octanol–water partition coefficient (Wildman–Crippen LogP) is -1.77. The lowest BCUT2D eigenvalue weighted by Crippen LogP contribution is -2.71. The number of nitrogens with one attached hydrogen (secondary N) is 3. The molecule has 6 rings (SSSR count). The highest BCUT2D eigenvalue weighted by Crippen LogP contribution is 2.44. The second kappa shape index (κ2) is 58.4. The first kappa shape index (κ1) is 114. The van der Waals surface area contributed by atoms with E-state index < -0.39 is 302 Å². The third kappa shape index (κ3) is 33.9. The minimum atomic E-state index is -3.48. The molecule has 6 aliphatic heterocycles. The van der Waals surface area contributed by atoms with Crippen LogP contribution in [0, 0.1) is 5.92 Å². The zero-order chi connectivity index (χ0) is 95.2. The van der Waals surface area contributed by atoms with Gasteiger partial charge in [0.15, 0.2) is 25.2 Å². The van der Waals surface area contributed by atoms with Crippen LogP contribution < -0.4 is 16.0 Å². The maximum atomic E-state index is 14.1. The molecule has 6 saturated heterocycles. The summed E-state index contributed by atoms with van der Waals surface area (Å²) in [6, 6.07) is -4.68. The number of carboxylic acid groups (broad SMARTS) is 2. The van der Waals surface area contributed by atoms with Crippen LogP contribution in [0.15, 0.2) is 0 Å². The molecule has 129 heavy (non-hydrogen) atoms. The highest BCUT2D eigenvalue weighted by molar-refractivity contribution is 5.78. The second-order valence-electron chi connectivity index (χ2n) is 35.7. The monoisotopic (exact) mass is 1870 g/mol. The van der Waals surface area contributed by atoms with Crippen molar-refractivity contribution in [1.29, 1.82) is 0 Å². The first-order valence-electron chi connectivity index (χ1n) is 46.8. The van der Waals surface area contributed by atoms with E-state index in [-0.39, 0.29) is 18.7 Å². The summed E-state index contributed by atoms with van der Waals surface area (Å²) in [5, 5.41) is 245. The number of aliphatic hydroxyl groups is 19. The predicted molar refractivity (Wildman–Crippen MR) is 450 cm³/mol. The Hall–Kier alpha value is -4.22. The Bertz CT molecular complexity index is 3180. The van der Waals surface area contributed by atoms with E-state index in [2.05, 4.69) is 29.8 Å². The van der Waals surface area contributed by atoms with Gasteiger partial charge in [-0.1, -0.05) is 200 Å². The first-order valence-corrected chi connectivity index (χ1v) is 46.8. The highest BCUT2D eigenvalue weighted by Gasteiger charge is 2.64. The molecule has 24 N–H and O–H groups in total. The Balaban J connectivity index is 1.28. The van der Waals surface area contributed by atoms with E-state index in [1.54, 1.807) is 0 Å². The quantitative estimate of drug-likeness (QED) is 0.0300. The van der Waals surface area contributed by atoms with Crippen LogP contribution in [0.1, 0.15) is 259 Å². The van der Waals surface area contributed by atoms with E-state index in [0.717, 1.165) is 85.0 Å². The number of aliphatic hydroxyl groups excluding tert-OH is 19. The zero-order valence-corrected chi connectivity index (χ0v) is 75.4. The van der Waals surface area contributed by atoms with Gasteiger partial charge in [-0.3, -0.25) is 14.4 Å². The molecule has 42 heteroatoms. The van der Waals surface area contributed by atoms with Crippen molar-refractivity contribution in [3.63, 3.8) is 0 Å². The lowest BCUT2D eigenvalue weighted by molar-refractivity contribution is -0.408. The van der Waals surface area contributed by atoms with Gasteiger partial charge in [0, 0.05) is 45.4 Å². The van der Waals surface area contributed by atoms with Gasteiger partial charge in [0.2, 0.25) is 17.7 Å². The van der Waals surface area contributed by atoms with Crippen LogP contribution in [0.5, 0.6) is 0 Å². The molecule has 0 saturated carbocycles. The fourth-order valence-corrected chi connectivity index (χ4v) is 17.8. The Morgan fingerprint density at radius 1 is 0.395 bits per heavy atom. The molecule has 6 heterocycles. The van der Waals surface area contributed by atoms with E-state index in [1.165, 1.54) is 116 Å². The Morgan fingerprint density at radius 2 is 0.752 bits per heavy atom. The van der Waals surface area contributed by atoms with E-state index in [9.17, 15) is 136 Å². The number of hydrogen-bond donors (Lipinski definition) is 24. The van der Waals surface area contributed by atoms with Gasteiger partial charge in [0.25, 0.3) is 11.6 Å². The number of Topliss-reactive ketones (excluding diaryl/α,β-unsaturated/α-hetero) is 1. The molecule has 0 aromatic rings. The van der Waals surface area contributed by atoms with Crippen molar-refractivity contribution in [2.75, 3.05) is 46.2 Å². The van der Waals surface area contributed by atoms with Crippen molar-refractivity contribution in [2.45, 2.75) is 461 Å². The van der Waals surface area contributed by atoms with Crippen LogP contribution in [-0.2, 0) is 85.6 Å². The fourth-order valence-electron chi connectivity index (χ4n) is 17.8. The summed E-state index contributed by atoms with van der Waals surface area (Å²) < 4.78 is 72.8. The summed E-state index contributed by atoms with van der Waals surface area (Å²) in [5.41, 5.74) is 0. The van der Waals surface area contributed by atoms with Crippen molar-refractivity contribution in [3.05, 3.63) is 0 Å². The number of hydrogen-bond acceptors (Lipinski definition) is 37. The smallest absolute Gasteiger partial charge is 0.364 e. The first-order chi connectivity index (χ1) is 61.6. The van der Waals surface area contributed by atoms with Crippen LogP contribution in [0.3, 0.4) is 0 Å². The molecule has 34 atom stereocenters. The van der Waals surface area contributed by atoms with Crippen LogP contribution in [-0.4, -0.2) is 390 Å². The summed E-state index contributed by atoms with van der Waals surface area (Å²) in [6.07, 6.45) is -31.2. The average Bonchev–Trinajstić information content (AvgIpc) is 0.746. The minimum absolute atomic E-state index is 0.122. The van der Waals surface area contributed by atoms with Crippen LogP contribution >= 0.6 is 0 Å². The third-order valence-electron chi connectivity index (χ3n) is 25.2. The second-order valence-corrected chi connectivity index (χ2v) is 35.7. The molecule has 6 aliphatic rings. The molecule has 752 valence electrons. The summed E-state index contributed by atoms with van der Waals surface area (Å²) in [4.78, 5) is 79.8. The molecule has 0 aliphatic carbocycles. The lowest BCUT2D eigenvalue weighted by Gasteiger charge is -2.53. The number of carboxylic acids is 2. The Labute approximate surface area is 754 Å². The van der Waals surface area contributed by atoms with Crippen molar-refractivity contribution < 1.29 is 193 Å². The van der Waals surface area contributed by atoms with E-state index in [1.807, 2.05) is 0 Å². The number of ketones is 1. The average molecular weight is 1870 g/mol. The van der Waals surface area contributed by atoms with Gasteiger partial charge in [-0.25, -0.2) is 9.59 Å². The summed E-state index contributed by atoms with van der Waals surface area (Å²) in [7, 11) is 0. The number of amides is 3. The molecule has 0 aromatic heterocycles. The van der Waals surface area contributed by atoms with Crippen molar-refractivity contribution >= 4 is 35.4 Å². The maximum absolute atomic E-state index is 14.1.